The summed E-state index contributed by atoms with van der Waals surface area (Å²) < 4.78 is 23.6. The molecule has 0 saturated heterocycles. The maximum absolute atomic E-state index is 11.5. The van der Waals surface area contributed by atoms with E-state index >= 15 is 0 Å². The van der Waals surface area contributed by atoms with Crippen LogP contribution in [-0.2, 0) is 24.4 Å². The first-order chi connectivity index (χ1) is 8.29. The predicted molar refractivity (Wildman–Crippen MR) is 60.4 cm³/mol. The van der Waals surface area contributed by atoms with Crippen LogP contribution < -0.4 is 10.0 Å². The van der Waals surface area contributed by atoms with Gasteiger partial charge in [-0.15, -0.1) is 0 Å². The van der Waals surface area contributed by atoms with Gasteiger partial charge < -0.3 is 15.3 Å². The Hall–Kier alpha value is -1.68. The van der Waals surface area contributed by atoms with Crippen molar-refractivity contribution >= 4 is 27.6 Å². The molecular weight excluding hydrogens is 266 g/mol. The van der Waals surface area contributed by atoms with Gasteiger partial charge in [-0.1, -0.05) is 5.16 Å². The lowest BCUT2D eigenvalue weighted by molar-refractivity contribution is -0.131. The third-order valence-electron chi connectivity index (χ3n) is 2.00. The van der Waals surface area contributed by atoms with Crippen molar-refractivity contribution in [3.05, 3.63) is 0 Å². The number of rotatable bonds is 6. The van der Waals surface area contributed by atoms with Gasteiger partial charge in [0.25, 0.3) is 5.91 Å². The molecular formula is C8H13N3O6S. The van der Waals surface area contributed by atoms with Gasteiger partial charge in [-0.25, -0.2) is 17.9 Å². The number of carbonyl (C=O) groups is 2. The molecule has 0 spiro atoms. The third kappa shape index (κ3) is 4.67. The Balaban J connectivity index is 2.26. The van der Waals surface area contributed by atoms with Crippen LogP contribution in [0.15, 0.2) is 5.16 Å². The Kier molecular flexibility index (Phi) is 4.62. The number of carboxylic acids is 1. The summed E-state index contributed by atoms with van der Waals surface area (Å²) >= 11 is 0. The third-order valence-corrected chi connectivity index (χ3v) is 2.73. The van der Waals surface area contributed by atoms with Crippen LogP contribution in [0.3, 0.4) is 0 Å². The van der Waals surface area contributed by atoms with Crippen LogP contribution in [0, 0.1) is 0 Å². The number of amides is 1. The highest BCUT2D eigenvalue weighted by atomic mass is 32.2. The monoisotopic (exact) mass is 279 g/mol. The van der Waals surface area contributed by atoms with E-state index in [0.717, 1.165) is 6.26 Å². The molecule has 0 aromatic rings. The summed E-state index contributed by atoms with van der Waals surface area (Å²) in [5.74, 6) is -1.77. The van der Waals surface area contributed by atoms with E-state index in [1.54, 1.807) is 0 Å². The van der Waals surface area contributed by atoms with E-state index < -0.39 is 28.0 Å². The second-order valence-electron chi connectivity index (χ2n) is 3.60. The van der Waals surface area contributed by atoms with Crippen molar-refractivity contribution in [1.82, 2.24) is 10.0 Å². The van der Waals surface area contributed by atoms with Crippen molar-refractivity contribution in [3.63, 3.8) is 0 Å². The number of hydrogen-bond donors (Lipinski definition) is 3. The van der Waals surface area contributed by atoms with Crippen molar-refractivity contribution < 1.29 is 28.0 Å². The SMILES string of the molecule is CS(=O)(=O)NCCNC(=O)C1CC(C(=O)O)=NO1. The Morgan fingerprint density at radius 1 is 1.50 bits per heavy atom. The highest BCUT2D eigenvalue weighted by Gasteiger charge is 2.31. The first-order valence-corrected chi connectivity index (χ1v) is 6.87. The fourth-order valence-corrected chi connectivity index (χ4v) is 1.65. The van der Waals surface area contributed by atoms with Crippen molar-refractivity contribution in [3.8, 4) is 0 Å². The fourth-order valence-electron chi connectivity index (χ4n) is 1.18. The van der Waals surface area contributed by atoms with E-state index in [2.05, 4.69) is 20.0 Å². The minimum Gasteiger partial charge on any atom is -0.477 e. The molecule has 0 aromatic carbocycles. The minimum absolute atomic E-state index is 0.0456. The molecule has 18 heavy (non-hydrogen) atoms. The van der Waals surface area contributed by atoms with Crippen molar-refractivity contribution in [1.29, 1.82) is 0 Å². The van der Waals surface area contributed by atoms with Crippen LogP contribution in [0.5, 0.6) is 0 Å². The number of carboxylic acid groups (broad SMARTS) is 1. The first-order valence-electron chi connectivity index (χ1n) is 4.98. The van der Waals surface area contributed by atoms with Crippen LogP contribution in [0.1, 0.15) is 6.42 Å². The number of nitrogens with one attached hydrogen (secondary N) is 2. The van der Waals surface area contributed by atoms with Gasteiger partial charge in [0.15, 0.2) is 5.71 Å². The summed E-state index contributed by atoms with van der Waals surface area (Å²) in [6.07, 6.45) is -0.0860. The summed E-state index contributed by atoms with van der Waals surface area (Å²) in [4.78, 5) is 26.6. The number of hydrogen-bond acceptors (Lipinski definition) is 6. The summed E-state index contributed by atoms with van der Waals surface area (Å²) in [5.41, 5.74) is -0.218. The van der Waals surface area contributed by atoms with Crippen molar-refractivity contribution in [2.75, 3.05) is 19.3 Å². The molecule has 3 N–H and O–H groups in total. The van der Waals surface area contributed by atoms with E-state index in [1.807, 2.05) is 0 Å². The average molecular weight is 279 g/mol. The van der Waals surface area contributed by atoms with Gasteiger partial charge in [-0.05, 0) is 0 Å². The van der Waals surface area contributed by atoms with Gasteiger partial charge in [-0.3, -0.25) is 4.79 Å². The predicted octanol–water partition coefficient (Wildman–Crippen LogP) is -2.12. The molecule has 0 aromatic heterocycles. The lowest BCUT2D eigenvalue weighted by atomic mass is 10.2. The fraction of sp³-hybridized carbons (Fsp3) is 0.625. The molecule has 10 heteroatoms. The van der Waals surface area contributed by atoms with E-state index in [1.165, 1.54) is 0 Å². The molecule has 0 bridgehead atoms. The van der Waals surface area contributed by atoms with Gasteiger partial charge in [0.2, 0.25) is 16.1 Å². The molecule has 1 aliphatic rings. The maximum Gasteiger partial charge on any atom is 0.353 e. The molecule has 1 amide bonds. The summed E-state index contributed by atoms with van der Waals surface area (Å²) in [6, 6.07) is 0. The Bertz CT molecular complexity index is 471. The topological polar surface area (TPSA) is 134 Å². The van der Waals surface area contributed by atoms with E-state index in [9.17, 15) is 18.0 Å². The van der Waals surface area contributed by atoms with Gasteiger partial charge in [0, 0.05) is 19.5 Å². The number of aliphatic carboxylic acids is 1. The Labute approximate surface area is 103 Å². The Morgan fingerprint density at radius 2 is 2.17 bits per heavy atom. The second kappa shape index (κ2) is 5.78. The highest BCUT2D eigenvalue weighted by Crippen LogP contribution is 2.10. The molecule has 0 fully saturated rings. The van der Waals surface area contributed by atoms with Gasteiger partial charge in [0.05, 0.1) is 6.26 Å². The molecule has 1 rings (SSSR count). The van der Waals surface area contributed by atoms with Crippen LogP contribution >= 0.6 is 0 Å². The number of carbonyl (C=O) groups excluding carboxylic acids is 1. The summed E-state index contributed by atoms with van der Waals surface area (Å²) in [7, 11) is -3.29. The highest BCUT2D eigenvalue weighted by molar-refractivity contribution is 7.88. The normalized spacial score (nSPS) is 18.9. The number of sulfonamides is 1. The van der Waals surface area contributed by atoms with Crippen LogP contribution in [0.4, 0.5) is 0 Å². The largest absolute Gasteiger partial charge is 0.477 e. The first kappa shape index (κ1) is 14.4. The van der Waals surface area contributed by atoms with Crippen molar-refractivity contribution in [2.45, 2.75) is 12.5 Å². The van der Waals surface area contributed by atoms with E-state index in [4.69, 9.17) is 5.11 Å². The quantitative estimate of drug-likeness (QED) is 0.476. The van der Waals surface area contributed by atoms with Gasteiger partial charge >= 0.3 is 5.97 Å². The lowest BCUT2D eigenvalue weighted by Gasteiger charge is -2.09. The molecule has 0 saturated carbocycles. The summed E-state index contributed by atoms with van der Waals surface area (Å²) in [6.45, 7) is 0.123. The molecule has 0 aliphatic carbocycles. The van der Waals surface area contributed by atoms with Gasteiger partial charge in [-0.2, -0.15) is 0 Å². The standard InChI is InChI=1S/C8H13N3O6S/c1-18(15,16)10-3-2-9-7(12)6-4-5(8(13)14)11-17-6/h6,10H,2-4H2,1H3,(H,9,12)(H,13,14). The minimum atomic E-state index is -3.29. The maximum atomic E-state index is 11.5. The second-order valence-corrected chi connectivity index (χ2v) is 5.43. The molecule has 9 nitrogen and oxygen atoms in total. The molecule has 1 unspecified atom stereocenters. The van der Waals surface area contributed by atoms with Crippen LogP contribution in [0.2, 0.25) is 0 Å². The number of nitrogens with zero attached hydrogens (tertiary/aromatic N) is 1. The lowest BCUT2D eigenvalue weighted by Crippen LogP contribution is -2.39. The molecule has 0 radical (unpaired) electrons. The average Bonchev–Trinajstić information content (AvgIpc) is 2.72. The molecule has 1 heterocycles. The zero-order valence-corrected chi connectivity index (χ0v) is 10.4. The zero-order valence-electron chi connectivity index (χ0n) is 9.54. The van der Waals surface area contributed by atoms with E-state index in [0.29, 0.717) is 0 Å². The zero-order chi connectivity index (χ0) is 13.8. The van der Waals surface area contributed by atoms with Crippen LogP contribution in [0.25, 0.3) is 0 Å². The van der Waals surface area contributed by atoms with Crippen LogP contribution in [-0.4, -0.2) is 56.6 Å². The Morgan fingerprint density at radius 3 is 2.67 bits per heavy atom. The van der Waals surface area contributed by atoms with E-state index in [-0.39, 0.29) is 25.2 Å². The smallest absolute Gasteiger partial charge is 0.353 e. The summed E-state index contributed by atoms with van der Waals surface area (Å²) in [5, 5.41) is 14.2. The van der Waals surface area contributed by atoms with Crippen molar-refractivity contribution in [2.24, 2.45) is 5.16 Å². The molecule has 1 atom stereocenters. The molecule has 1 aliphatic heterocycles. The number of oxime groups is 1. The van der Waals surface area contributed by atoms with Gasteiger partial charge in [0.1, 0.15) is 0 Å². The molecule has 102 valence electrons.